The minimum absolute atomic E-state index is 0.00448. The third-order valence-electron chi connectivity index (χ3n) is 3.27. The molecule has 0 aliphatic rings. The molecule has 2 aromatic carbocycles. The summed E-state index contributed by atoms with van der Waals surface area (Å²) in [6.45, 7) is 0.00448. The third kappa shape index (κ3) is 4.72. The van der Waals surface area contributed by atoms with Crippen LogP contribution in [0.25, 0.3) is 0 Å². The number of hydrogen-bond donors (Lipinski definition) is 2. The Morgan fingerprint density at radius 2 is 1.84 bits per heavy atom. The van der Waals surface area contributed by atoms with Gasteiger partial charge in [0.25, 0.3) is 0 Å². The van der Waals surface area contributed by atoms with Crippen LogP contribution in [0.5, 0.6) is 0 Å². The molecule has 0 saturated heterocycles. The molecule has 0 fully saturated rings. The number of carbonyl (C=O) groups excluding carboxylic acids is 2. The van der Waals surface area contributed by atoms with E-state index in [1.54, 1.807) is 12.1 Å². The normalized spacial score (nSPS) is 10.2. The first kappa shape index (κ1) is 18.3. The summed E-state index contributed by atoms with van der Waals surface area (Å²) in [5.74, 6) is -5.14. The number of ether oxygens (including phenoxy) is 1. The number of anilines is 2. The Kier molecular flexibility index (Phi) is 5.99. The first-order valence-electron chi connectivity index (χ1n) is 7.28. The van der Waals surface area contributed by atoms with Gasteiger partial charge in [-0.1, -0.05) is 6.07 Å². The number of nitrogens with one attached hydrogen (secondary N) is 2. The predicted octanol–water partition coefficient (Wildman–Crippen LogP) is 3.33. The van der Waals surface area contributed by atoms with Crippen LogP contribution < -0.4 is 10.6 Å². The van der Waals surface area contributed by atoms with Crippen LogP contribution in [0.3, 0.4) is 0 Å². The Balaban J connectivity index is 1.89. The van der Waals surface area contributed by atoms with Crippen LogP contribution in [-0.2, 0) is 9.53 Å². The molecule has 2 N–H and O–H groups in total. The van der Waals surface area contributed by atoms with E-state index in [1.165, 1.54) is 19.2 Å². The van der Waals surface area contributed by atoms with Crippen LogP contribution in [-0.4, -0.2) is 25.5 Å². The van der Waals surface area contributed by atoms with Gasteiger partial charge in [0, 0.05) is 18.7 Å². The molecule has 0 aromatic heterocycles. The van der Waals surface area contributed by atoms with Gasteiger partial charge >= 0.3 is 5.97 Å². The summed E-state index contributed by atoms with van der Waals surface area (Å²) in [5, 5.41) is 5.09. The largest absolute Gasteiger partial charge is 0.465 e. The Bertz CT molecular complexity index is 797. The van der Waals surface area contributed by atoms with Crippen molar-refractivity contribution in [2.24, 2.45) is 0 Å². The van der Waals surface area contributed by atoms with Crippen molar-refractivity contribution < 1.29 is 27.5 Å². The lowest BCUT2D eigenvalue weighted by molar-refractivity contribution is -0.115. The lowest BCUT2D eigenvalue weighted by Crippen LogP contribution is -2.17. The summed E-state index contributed by atoms with van der Waals surface area (Å²) in [5.41, 5.74) is 0.438. The van der Waals surface area contributed by atoms with Gasteiger partial charge < -0.3 is 15.4 Å². The van der Waals surface area contributed by atoms with Crippen molar-refractivity contribution in [1.82, 2.24) is 0 Å². The smallest absolute Gasteiger partial charge is 0.337 e. The zero-order valence-corrected chi connectivity index (χ0v) is 13.2. The van der Waals surface area contributed by atoms with Gasteiger partial charge in [-0.3, -0.25) is 4.79 Å². The Hall–Kier alpha value is -3.03. The molecule has 0 heterocycles. The van der Waals surface area contributed by atoms with Crippen molar-refractivity contribution in [3.8, 4) is 0 Å². The summed E-state index contributed by atoms with van der Waals surface area (Å²) in [6, 6.07) is 8.00. The monoisotopic (exact) mass is 352 g/mol. The van der Waals surface area contributed by atoms with Crippen LogP contribution in [0, 0.1) is 17.5 Å². The van der Waals surface area contributed by atoms with Gasteiger partial charge in [0.1, 0.15) is 0 Å². The summed E-state index contributed by atoms with van der Waals surface area (Å²) in [4.78, 5) is 23.3. The topological polar surface area (TPSA) is 67.4 Å². The highest BCUT2D eigenvalue weighted by Gasteiger charge is 2.13. The average Bonchev–Trinajstić information content (AvgIpc) is 2.61. The van der Waals surface area contributed by atoms with Gasteiger partial charge in [-0.25, -0.2) is 18.0 Å². The van der Waals surface area contributed by atoms with Gasteiger partial charge in [-0.15, -0.1) is 0 Å². The van der Waals surface area contributed by atoms with Crippen molar-refractivity contribution in [1.29, 1.82) is 0 Å². The number of esters is 1. The van der Waals surface area contributed by atoms with E-state index in [0.717, 1.165) is 12.1 Å². The molecule has 0 atom stereocenters. The van der Waals surface area contributed by atoms with E-state index in [0.29, 0.717) is 5.69 Å². The number of hydrogen-bond acceptors (Lipinski definition) is 4. The lowest BCUT2D eigenvalue weighted by Gasteiger charge is -2.09. The van der Waals surface area contributed by atoms with Crippen molar-refractivity contribution in [3.63, 3.8) is 0 Å². The molecule has 0 spiro atoms. The summed E-state index contributed by atoms with van der Waals surface area (Å²) in [6.07, 6.45) is -0.0547. The van der Waals surface area contributed by atoms with Crippen LogP contribution in [0.2, 0.25) is 0 Å². The minimum Gasteiger partial charge on any atom is -0.465 e. The van der Waals surface area contributed by atoms with Gasteiger partial charge in [0.2, 0.25) is 5.91 Å². The number of halogens is 3. The van der Waals surface area contributed by atoms with Crippen LogP contribution in [0.4, 0.5) is 24.5 Å². The molecule has 8 heteroatoms. The predicted molar refractivity (Wildman–Crippen MR) is 85.8 cm³/mol. The second-order valence-electron chi connectivity index (χ2n) is 5.02. The van der Waals surface area contributed by atoms with E-state index < -0.39 is 29.3 Å². The van der Waals surface area contributed by atoms with E-state index in [2.05, 4.69) is 15.4 Å². The fraction of sp³-hybridized carbons (Fsp3) is 0.176. The highest BCUT2D eigenvalue weighted by molar-refractivity contribution is 5.94. The van der Waals surface area contributed by atoms with Gasteiger partial charge in [0.15, 0.2) is 17.5 Å². The molecule has 5 nitrogen and oxygen atoms in total. The zero-order valence-electron chi connectivity index (χ0n) is 13.2. The molecule has 0 aliphatic heterocycles. The Morgan fingerprint density at radius 3 is 2.56 bits per heavy atom. The van der Waals surface area contributed by atoms with Crippen LogP contribution in [0.15, 0.2) is 36.4 Å². The second kappa shape index (κ2) is 8.18. The van der Waals surface area contributed by atoms with Crippen LogP contribution >= 0.6 is 0 Å². The number of rotatable bonds is 6. The van der Waals surface area contributed by atoms with Gasteiger partial charge in [-0.05, 0) is 30.3 Å². The molecule has 0 radical (unpaired) electrons. The number of benzene rings is 2. The first-order valence-corrected chi connectivity index (χ1v) is 7.28. The highest BCUT2D eigenvalue weighted by Crippen LogP contribution is 2.19. The molecular formula is C17H15F3N2O3. The molecule has 1 amide bonds. The molecule has 0 saturated carbocycles. The van der Waals surface area contributed by atoms with Crippen molar-refractivity contribution in [2.45, 2.75) is 6.42 Å². The minimum atomic E-state index is -1.57. The lowest BCUT2D eigenvalue weighted by atomic mass is 10.2. The molecule has 25 heavy (non-hydrogen) atoms. The summed E-state index contributed by atoms with van der Waals surface area (Å²) < 4.78 is 44.0. The molecule has 0 unspecified atom stereocenters. The Morgan fingerprint density at radius 1 is 1.08 bits per heavy atom. The SMILES string of the molecule is COC(=O)c1cccc(NC(=O)CCNc2ccc(F)c(F)c2F)c1. The molecule has 2 rings (SSSR count). The number of carbonyl (C=O) groups is 2. The van der Waals surface area contributed by atoms with E-state index in [4.69, 9.17) is 0 Å². The molecule has 2 aromatic rings. The van der Waals surface area contributed by atoms with Crippen molar-refractivity contribution in [2.75, 3.05) is 24.3 Å². The third-order valence-corrected chi connectivity index (χ3v) is 3.27. The van der Waals surface area contributed by atoms with E-state index >= 15 is 0 Å². The number of methoxy groups -OCH3 is 1. The maximum Gasteiger partial charge on any atom is 0.337 e. The maximum atomic E-state index is 13.5. The van der Waals surface area contributed by atoms with Crippen LogP contribution in [0.1, 0.15) is 16.8 Å². The molecule has 132 valence electrons. The van der Waals surface area contributed by atoms with Gasteiger partial charge in [-0.2, -0.15) is 0 Å². The van der Waals surface area contributed by atoms with E-state index in [9.17, 15) is 22.8 Å². The highest BCUT2D eigenvalue weighted by atomic mass is 19.2. The second-order valence-corrected chi connectivity index (χ2v) is 5.02. The van der Waals surface area contributed by atoms with E-state index in [-0.39, 0.29) is 24.2 Å². The quantitative estimate of drug-likeness (QED) is 0.618. The maximum absolute atomic E-state index is 13.5. The van der Waals surface area contributed by atoms with Gasteiger partial charge in [0.05, 0.1) is 18.4 Å². The zero-order chi connectivity index (χ0) is 18.4. The van der Waals surface area contributed by atoms with Crippen molar-refractivity contribution >= 4 is 23.3 Å². The molecule has 0 aliphatic carbocycles. The van der Waals surface area contributed by atoms with E-state index in [1.807, 2.05) is 0 Å². The fourth-order valence-electron chi connectivity index (χ4n) is 2.04. The molecular weight excluding hydrogens is 337 g/mol. The number of amides is 1. The summed E-state index contributed by atoms with van der Waals surface area (Å²) >= 11 is 0. The first-order chi connectivity index (χ1) is 11.9. The Labute approximate surface area is 141 Å². The average molecular weight is 352 g/mol. The fourth-order valence-corrected chi connectivity index (χ4v) is 2.04. The summed E-state index contributed by atoms with van der Waals surface area (Å²) in [7, 11) is 1.25. The standard InChI is InChI=1S/C17H15F3N2O3/c1-25-17(24)10-3-2-4-11(9-10)22-14(23)7-8-21-13-6-5-12(18)15(19)16(13)20/h2-6,9,21H,7-8H2,1H3,(H,22,23). The molecule has 0 bridgehead atoms. The van der Waals surface area contributed by atoms with Crippen molar-refractivity contribution in [3.05, 3.63) is 59.4 Å².